The summed E-state index contributed by atoms with van der Waals surface area (Å²) in [5, 5.41) is 3.52. The molecule has 0 saturated heterocycles. The maximum atomic E-state index is 5.27. The molecule has 24 heavy (non-hydrogen) atoms. The van der Waals surface area contributed by atoms with E-state index in [0.29, 0.717) is 0 Å². The van der Waals surface area contributed by atoms with Gasteiger partial charge in [-0.05, 0) is 37.9 Å². The highest BCUT2D eigenvalue weighted by atomic mass is 16.5. The van der Waals surface area contributed by atoms with E-state index in [1.165, 1.54) is 22.0 Å². The predicted octanol–water partition coefficient (Wildman–Crippen LogP) is 3.45. The highest BCUT2D eigenvalue weighted by Crippen LogP contribution is 2.31. The van der Waals surface area contributed by atoms with Crippen molar-refractivity contribution in [3.05, 3.63) is 54.7 Å². The Labute approximate surface area is 143 Å². The van der Waals surface area contributed by atoms with Crippen molar-refractivity contribution in [3.8, 4) is 16.9 Å². The Morgan fingerprint density at radius 3 is 2.29 bits per heavy atom. The van der Waals surface area contributed by atoms with Crippen molar-refractivity contribution in [3.63, 3.8) is 0 Å². The Balaban J connectivity index is 2.02. The lowest BCUT2D eigenvalue weighted by Crippen LogP contribution is -2.35. The monoisotopic (exact) mass is 323 g/mol. The van der Waals surface area contributed by atoms with E-state index in [9.17, 15) is 0 Å². The Morgan fingerprint density at radius 2 is 1.62 bits per heavy atom. The van der Waals surface area contributed by atoms with Crippen LogP contribution in [0.4, 0.5) is 0 Å². The molecule has 3 rings (SSSR count). The maximum Gasteiger partial charge on any atom is 0.118 e. The van der Waals surface area contributed by atoms with Gasteiger partial charge < -0.3 is 14.6 Å². The van der Waals surface area contributed by atoms with Gasteiger partial charge >= 0.3 is 0 Å². The number of benzene rings is 2. The van der Waals surface area contributed by atoms with Crippen molar-refractivity contribution in [1.29, 1.82) is 0 Å². The van der Waals surface area contributed by atoms with Gasteiger partial charge in [0.2, 0.25) is 0 Å². The van der Waals surface area contributed by atoms with E-state index in [4.69, 9.17) is 4.74 Å². The number of methoxy groups -OCH3 is 1. The molecule has 0 spiro atoms. The van der Waals surface area contributed by atoms with Crippen LogP contribution in [0.15, 0.2) is 54.7 Å². The minimum atomic E-state index is 0.880. The van der Waals surface area contributed by atoms with Crippen molar-refractivity contribution in [2.75, 3.05) is 46.4 Å². The van der Waals surface area contributed by atoms with Gasteiger partial charge in [-0.25, -0.2) is 0 Å². The van der Waals surface area contributed by atoms with Crippen LogP contribution in [-0.4, -0.2) is 50.9 Å². The molecule has 1 heterocycles. The van der Waals surface area contributed by atoms with E-state index in [1.54, 1.807) is 7.11 Å². The molecule has 0 aliphatic carbocycles. The Bertz CT molecular complexity index is 805. The van der Waals surface area contributed by atoms with Crippen LogP contribution in [0.1, 0.15) is 0 Å². The molecular weight excluding hydrogens is 298 g/mol. The van der Waals surface area contributed by atoms with E-state index in [1.807, 2.05) is 12.1 Å². The lowest BCUT2D eigenvalue weighted by molar-refractivity contribution is 0.404. The lowest BCUT2D eigenvalue weighted by Gasteiger charge is -2.23. The van der Waals surface area contributed by atoms with Crippen LogP contribution < -0.4 is 9.75 Å². The normalized spacial score (nSPS) is 11.2. The first-order chi connectivity index (χ1) is 11.6. The molecule has 4 heteroatoms. The second kappa shape index (κ2) is 6.97. The third kappa shape index (κ3) is 3.24. The van der Waals surface area contributed by atoms with E-state index < -0.39 is 0 Å². The molecule has 3 aromatic rings. The summed E-state index contributed by atoms with van der Waals surface area (Å²) in [6, 6.07) is 16.8. The summed E-state index contributed by atoms with van der Waals surface area (Å²) in [5.74, 6) is 0.880. The lowest BCUT2D eigenvalue weighted by atomic mass is 10.0. The van der Waals surface area contributed by atoms with Crippen molar-refractivity contribution in [2.45, 2.75) is 0 Å². The average Bonchev–Trinajstić information content (AvgIpc) is 2.99. The molecule has 0 aliphatic heterocycles. The first-order valence-electron chi connectivity index (χ1n) is 8.21. The number of hydrogen-bond acceptors (Lipinski definition) is 3. The molecule has 126 valence electrons. The molecule has 0 radical (unpaired) electrons. The van der Waals surface area contributed by atoms with Crippen molar-refractivity contribution < 1.29 is 4.74 Å². The third-order valence-electron chi connectivity index (χ3n) is 4.33. The quantitative estimate of drug-likeness (QED) is 0.693. The zero-order valence-electron chi connectivity index (χ0n) is 14.9. The smallest absolute Gasteiger partial charge is 0.118 e. The number of hydrogen-bond donors (Lipinski definition) is 0. The minimum absolute atomic E-state index is 0.880. The van der Waals surface area contributed by atoms with Crippen LogP contribution >= 0.6 is 0 Å². The minimum Gasteiger partial charge on any atom is -0.497 e. The summed E-state index contributed by atoms with van der Waals surface area (Å²) in [6.45, 7) is 1.98. The highest BCUT2D eigenvalue weighted by Gasteiger charge is 2.12. The number of nitrogens with zero attached hydrogens (tertiary/aromatic N) is 3. The number of ether oxygens (including phenoxy) is 1. The second-order valence-electron chi connectivity index (χ2n) is 6.32. The SMILES string of the molecule is COc1ccc(-c2cn(N(C)CCN(C)C)c3ccccc23)cc1. The molecule has 0 amide bonds. The molecule has 4 nitrogen and oxygen atoms in total. The second-order valence-corrected chi connectivity index (χ2v) is 6.32. The van der Waals surface area contributed by atoms with Gasteiger partial charge in [-0.15, -0.1) is 0 Å². The standard InChI is InChI=1S/C20H25N3O/c1-21(2)13-14-22(3)23-15-19(18-7-5-6-8-20(18)23)16-9-11-17(24-4)12-10-16/h5-12,15H,13-14H2,1-4H3. The van der Waals surface area contributed by atoms with Crippen LogP contribution in [0.25, 0.3) is 22.0 Å². The first kappa shape index (κ1) is 16.4. The summed E-state index contributed by atoms with van der Waals surface area (Å²) >= 11 is 0. The molecule has 0 atom stereocenters. The van der Waals surface area contributed by atoms with E-state index in [0.717, 1.165) is 18.8 Å². The molecular formula is C20H25N3O. The van der Waals surface area contributed by atoms with E-state index in [-0.39, 0.29) is 0 Å². The van der Waals surface area contributed by atoms with Gasteiger partial charge in [-0.3, -0.25) is 4.68 Å². The fourth-order valence-electron chi connectivity index (χ4n) is 2.90. The largest absolute Gasteiger partial charge is 0.497 e. The van der Waals surface area contributed by atoms with Gasteiger partial charge in [-0.1, -0.05) is 30.3 Å². The van der Waals surface area contributed by atoms with Crippen molar-refractivity contribution in [1.82, 2.24) is 9.58 Å². The third-order valence-corrected chi connectivity index (χ3v) is 4.33. The molecule has 0 aliphatic rings. The zero-order valence-corrected chi connectivity index (χ0v) is 14.9. The van der Waals surface area contributed by atoms with Gasteiger partial charge in [0.15, 0.2) is 0 Å². The molecule has 0 bridgehead atoms. The summed E-state index contributed by atoms with van der Waals surface area (Å²) in [5.41, 5.74) is 3.67. The fraction of sp³-hybridized carbons (Fsp3) is 0.300. The molecule has 0 N–H and O–H groups in total. The van der Waals surface area contributed by atoms with Crippen LogP contribution in [0.2, 0.25) is 0 Å². The number of fused-ring (bicyclic) bond motifs is 1. The summed E-state index contributed by atoms with van der Waals surface area (Å²) in [6.07, 6.45) is 2.22. The molecule has 0 unspecified atom stereocenters. The first-order valence-corrected chi connectivity index (χ1v) is 8.21. The Morgan fingerprint density at radius 1 is 0.917 bits per heavy atom. The maximum absolute atomic E-state index is 5.27. The summed E-state index contributed by atoms with van der Waals surface area (Å²) in [4.78, 5) is 2.20. The predicted molar refractivity (Wildman–Crippen MR) is 101 cm³/mol. The molecule has 0 saturated carbocycles. The van der Waals surface area contributed by atoms with Crippen molar-refractivity contribution >= 4 is 10.9 Å². The Hall–Kier alpha value is -2.46. The number of rotatable bonds is 6. The molecule has 1 aromatic heterocycles. The van der Waals surface area contributed by atoms with Gasteiger partial charge in [0.05, 0.1) is 12.6 Å². The van der Waals surface area contributed by atoms with Crippen LogP contribution in [-0.2, 0) is 0 Å². The number of likely N-dealkylation sites (N-methyl/N-ethyl adjacent to an activating group) is 2. The van der Waals surface area contributed by atoms with Crippen molar-refractivity contribution in [2.24, 2.45) is 0 Å². The summed E-state index contributed by atoms with van der Waals surface area (Å²) < 4.78 is 7.52. The summed E-state index contributed by atoms with van der Waals surface area (Å²) in [7, 11) is 8.03. The fourth-order valence-corrected chi connectivity index (χ4v) is 2.90. The van der Waals surface area contributed by atoms with E-state index in [2.05, 4.69) is 78.3 Å². The number of aromatic nitrogens is 1. The Kier molecular flexibility index (Phi) is 4.76. The van der Waals surface area contributed by atoms with Gasteiger partial charge in [0.1, 0.15) is 5.75 Å². The van der Waals surface area contributed by atoms with Gasteiger partial charge in [-0.2, -0.15) is 0 Å². The molecule has 2 aromatic carbocycles. The topological polar surface area (TPSA) is 20.6 Å². The average molecular weight is 323 g/mol. The zero-order chi connectivity index (χ0) is 17.1. The van der Waals surface area contributed by atoms with E-state index >= 15 is 0 Å². The van der Waals surface area contributed by atoms with Gasteiger partial charge in [0, 0.05) is 37.3 Å². The van der Waals surface area contributed by atoms with Gasteiger partial charge in [0.25, 0.3) is 0 Å². The van der Waals surface area contributed by atoms with Crippen LogP contribution in [0, 0.1) is 0 Å². The highest BCUT2D eigenvalue weighted by molar-refractivity contribution is 5.96. The van der Waals surface area contributed by atoms with Crippen LogP contribution in [0.3, 0.4) is 0 Å². The molecule has 0 fully saturated rings. The number of para-hydroxylation sites is 1. The van der Waals surface area contributed by atoms with Crippen LogP contribution in [0.5, 0.6) is 5.75 Å².